The molecule has 2 rings (SSSR count). The lowest BCUT2D eigenvalue weighted by Crippen LogP contribution is -2.30. The fraction of sp³-hybridized carbons (Fsp3) is 0.222. The third-order valence-electron chi connectivity index (χ3n) is 3.29. The Labute approximate surface area is 140 Å². The van der Waals surface area contributed by atoms with E-state index in [9.17, 15) is 9.59 Å². The number of hydrogen-bond acceptors (Lipinski definition) is 5. The van der Waals surface area contributed by atoms with Crippen molar-refractivity contribution in [3.8, 4) is 11.5 Å². The van der Waals surface area contributed by atoms with Crippen LogP contribution in [-0.4, -0.2) is 32.2 Å². The van der Waals surface area contributed by atoms with Crippen LogP contribution in [0.1, 0.15) is 17.3 Å². The second kappa shape index (κ2) is 8.01. The van der Waals surface area contributed by atoms with Gasteiger partial charge in [-0.15, -0.1) is 0 Å². The summed E-state index contributed by atoms with van der Waals surface area (Å²) in [6.45, 7) is 1.64. The molecule has 0 fully saturated rings. The van der Waals surface area contributed by atoms with Crippen LogP contribution in [0.4, 0.5) is 5.69 Å². The molecule has 1 atom stereocenters. The summed E-state index contributed by atoms with van der Waals surface area (Å²) in [5.74, 6) is 0.418. The number of methoxy groups -OCH3 is 2. The van der Waals surface area contributed by atoms with E-state index < -0.39 is 12.1 Å². The van der Waals surface area contributed by atoms with Crippen molar-refractivity contribution < 1.29 is 23.8 Å². The van der Waals surface area contributed by atoms with Gasteiger partial charge in [0.1, 0.15) is 11.5 Å². The molecule has 1 N–H and O–H groups in total. The van der Waals surface area contributed by atoms with E-state index >= 15 is 0 Å². The molecule has 1 amide bonds. The lowest BCUT2D eigenvalue weighted by Gasteiger charge is -2.15. The Morgan fingerprint density at radius 1 is 1.00 bits per heavy atom. The van der Waals surface area contributed by atoms with Gasteiger partial charge in [-0.1, -0.05) is 6.07 Å². The number of benzene rings is 2. The third kappa shape index (κ3) is 4.49. The maximum Gasteiger partial charge on any atom is 0.337 e. The second-order valence-electron chi connectivity index (χ2n) is 5.00. The molecule has 0 heterocycles. The van der Waals surface area contributed by atoms with Crippen molar-refractivity contribution in [2.75, 3.05) is 19.5 Å². The van der Waals surface area contributed by atoms with Gasteiger partial charge in [-0.2, -0.15) is 0 Å². The smallest absolute Gasteiger partial charge is 0.337 e. The van der Waals surface area contributed by atoms with Crippen molar-refractivity contribution in [2.24, 2.45) is 0 Å². The number of amides is 1. The lowest BCUT2D eigenvalue weighted by atomic mass is 10.2. The van der Waals surface area contributed by atoms with Gasteiger partial charge in [0.15, 0.2) is 6.10 Å². The summed E-state index contributed by atoms with van der Waals surface area (Å²) >= 11 is 0. The number of anilines is 1. The molecule has 0 aliphatic carbocycles. The van der Waals surface area contributed by atoms with Crippen LogP contribution in [0.25, 0.3) is 0 Å². The first-order valence-electron chi connectivity index (χ1n) is 7.33. The standard InChI is InChI=1S/C18H19NO5/c1-12(17(20)19-14-5-4-6-16(11-14)22-2)24-15-9-7-13(8-10-15)18(21)23-3/h4-12H,1-3H3,(H,19,20)/t12-/m0/s1. The first-order chi connectivity index (χ1) is 11.5. The van der Waals surface area contributed by atoms with Gasteiger partial charge in [0.05, 0.1) is 19.8 Å². The second-order valence-corrected chi connectivity index (χ2v) is 5.00. The first kappa shape index (κ1) is 17.3. The van der Waals surface area contributed by atoms with Crippen LogP contribution in [0, 0.1) is 0 Å². The molecule has 24 heavy (non-hydrogen) atoms. The van der Waals surface area contributed by atoms with Gasteiger partial charge in [-0.3, -0.25) is 4.79 Å². The van der Waals surface area contributed by atoms with E-state index in [0.717, 1.165) is 0 Å². The maximum absolute atomic E-state index is 12.2. The van der Waals surface area contributed by atoms with E-state index in [0.29, 0.717) is 22.7 Å². The SMILES string of the molecule is COC(=O)c1ccc(O[C@@H](C)C(=O)Nc2cccc(OC)c2)cc1. The van der Waals surface area contributed by atoms with Crippen LogP contribution in [0.2, 0.25) is 0 Å². The Bertz CT molecular complexity index is 712. The quantitative estimate of drug-likeness (QED) is 0.825. The molecule has 6 nitrogen and oxygen atoms in total. The summed E-state index contributed by atoms with van der Waals surface area (Å²) < 4.78 is 15.3. The number of ether oxygens (including phenoxy) is 3. The molecule has 0 spiro atoms. The van der Waals surface area contributed by atoms with E-state index in [1.165, 1.54) is 7.11 Å². The molecule has 0 saturated heterocycles. The molecule has 0 radical (unpaired) electrons. The number of carbonyl (C=O) groups is 2. The van der Waals surface area contributed by atoms with Crippen molar-refractivity contribution in [3.63, 3.8) is 0 Å². The summed E-state index contributed by atoms with van der Waals surface area (Å²) in [7, 11) is 2.88. The topological polar surface area (TPSA) is 73.9 Å². The number of hydrogen-bond donors (Lipinski definition) is 1. The zero-order valence-electron chi connectivity index (χ0n) is 13.7. The number of rotatable bonds is 6. The highest BCUT2D eigenvalue weighted by Gasteiger charge is 2.15. The molecule has 0 saturated carbocycles. The summed E-state index contributed by atoms with van der Waals surface area (Å²) in [5.41, 5.74) is 1.04. The number of esters is 1. The number of nitrogens with one attached hydrogen (secondary N) is 1. The van der Waals surface area contributed by atoms with E-state index in [-0.39, 0.29) is 5.91 Å². The Kier molecular flexibility index (Phi) is 5.78. The Morgan fingerprint density at radius 2 is 1.71 bits per heavy atom. The summed E-state index contributed by atoms with van der Waals surface area (Å²) in [5, 5.41) is 2.76. The van der Waals surface area contributed by atoms with Gasteiger partial charge in [-0.05, 0) is 43.3 Å². The number of carbonyl (C=O) groups excluding carboxylic acids is 2. The fourth-order valence-electron chi connectivity index (χ4n) is 1.99. The van der Waals surface area contributed by atoms with E-state index in [2.05, 4.69) is 10.1 Å². The van der Waals surface area contributed by atoms with E-state index in [4.69, 9.17) is 9.47 Å². The van der Waals surface area contributed by atoms with Crippen LogP contribution in [0.5, 0.6) is 11.5 Å². The summed E-state index contributed by atoms with van der Waals surface area (Å²) in [4.78, 5) is 23.6. The molecular weight excluding hydrogens is 310 g/mol. The minimum atomic E-state index is -0.708. The normalized spacial score (nSPS) is 11.3. The molecule has 126 valence electrons. The molecule has 2 aromatic carbocycles. The molecule has 2 aromatic rings. The average Bonchev–Trinajstić information content (AvgIpc) is 2.61. The monoisotopic (exact) mass is 329 g/mol. The van der Waals surface area contributed by atoms with Crippen molar-refractivity contribution in [2.45, 2.75) is 13.0 Å². The third-order valence-corrected chi connectivity index (χ3v) is 3.29. The Morgan fingerprint density at radius 3 is 2.33 bits per heavy atom. The van der Waals surface area contributed by atoms with Crippen LogP contribution < -0.4 is 14.8 Å². The molecule has 0 bridgehead atoms. The molecule has 6 heteroatoms. The van der Waals surface area contributed by atoms with E-state index in [1.807, 2.05) is 0 Å². The Hall–Kier alpha value is -3.02. The highest BCUT2D eigenvalue weighted by molar-refractivity contribution is 5.94. The van der Waals surface area contributed by atoms with Crippen LogP contribution >= 0.6 is 0 Å². The van der Waals surface area contributed by atoms with Crippen molar-refractivity contribution in [1.82, 2.24) is 0 Å². The van der Waals surface area contributed by atoms with E-state index in [1.54, 1.807) is 62.6 Å². The highest BCUT2D eigenvalue weighted by atomic mass is 16.5. The summed E-state index contributed by atoms with van der Waals surface area (Å²) in [6, 6.07) is 13.4. The Balaban J connectivity index is 1.96. The predicted octanol–water partition coefficient (Wildman–Crippen LogP) is 2.89. The van der Waals surface area contributed by atoms with Crippen LogP contribution in [0.15, 0.2) is 48.5 Å². The van der Waals surface area contributed by atoms with Crippen molar-refractivity contribution in [1.29, 1.82) is 0 Å². The fourth-order valence-corrected chi connectivity index (χ4v) is 1.99. The minimum absolute atomic E-state index is 0.291. The average molecular weight is 329 g/mol. The highest BCUT2D eigenvalue weighted by Crippen LogP contribution is 2.18. The van der Waals surface area contributed by atoms with Crippen LogP contribution in [-0.2, 0) is 9.53 Å². The lowest BCUT2D eigenvalue weighted by molar-refractivity contribution is -0.122. The van der Waals surface area contributed by atoms with Gasteiger partial charge < -0.3 is 19.5 Å². The van der Waals surface area contributed by atoms with Crippen molar-refractivity contribution in [3.05, 3.63) is 54.1 Å². The molecule has 0 aliphatic heterocycles. The van der Waals surface area contributed by atoms with Gasteiger partial charge in [0.25, 0.3) is 5.91 Å². The molecule has 0 aliphatic rings. The first-order valence-corrected chi connectivity index (χ1v) is 7.33. The van der Waals surface area contributed by atoms with Gasteiger partial charge in [0.2, 0.25) is 0 Å². The van der Waals surface area contributed by atoms with Crippen LogP contribution in [0.3, 0.4) is 0 Å². The van der Waals surface area contributed by atoms with Gasteiger partial charge in [-0.25, -0.2) is 4.79 Å². The zero-order chi connectivity index (χ0) is 17.5. The predicted molar refractivity (Wildman–Crippen MR) is 89.5 cm³/mol. The molecular formula is C18H19NO5. The van der Waals surface area contributed by atoms with Crippen molar-refractivity contribution >= 4 is 17.6 Å². The molecule has 0 unspecified atom stereocenters. The maximum atomic E-state index is 12.2. The van der Waals surface area contributed by atoms with Gasteiger partial charge in [0, 0.05) is 11.8 Å². The summed E-state index contributed by atoms with van der Waals surface area (Å²) in [6.07, 6.45) is -0.708. The largest absolute Gasteiger partial charge is 0.497 e. The minimum Gasteiger partial charge on any atom is -0.497 e. The molecule has 0 aromatic heterocycles. The zero-order valence-corrected chi connectivity index (χ0v) is 13.7. The van der Waals surface area contributed by atoms with Gasteiger partial charge >= 0.3 is 5.97 Å².